The summed E-state index contributed by atoms with van der Waals surface area (Å²) in [5.41, 5.74) is 0. The summed E-state index contributed by atoms with van der Waals surface area (Å²) < 4.78 is 4.83. The van der Waals surface area contributed by atoms with Gasteiger partial charge < -0.3 is 15.0 Å². The maximum absolute atomic E-state index is 8.31. The van der Waals surface area contributed by atoms with Gasteiger partial charge in [-0.05, 0) is 0 Å². The molecule has 0 saturated carbocycles. The van der Waals surface area contributed by atoms with E-state index in [-0.39, 0.29) is 0 Å². The third-order valence-electron chi connectivity index (χ3n) is 1.17. The molecule has 5 nitrogen and oxygen atoms in total. The van der Waals surface area contributed by atoms with E-state index in [0.717, 1.165) is 0 Å². The second-order valence-electron chi connectivity index (χ2n) is 2.35. The molecule has 0 unspecified atom stereocenters. The average molecular weight is 170 g/mol. The van der Waals surface area contributed by atoms with Crippen LogP contribution in [0.25, 0.3) is 0 Å². The van der Waals surface area contributed by atoms with Crippen molar-refractivity contribution in [3.05, 3.63) is 0 Å². The summed E-state index contributed by atoms with van der Waals surface area (Å²) >= 11 is 0. The normalized spacial score (nSPS) is 10.7. The Balaban J connectivity index is 3.83. The van der Waals surface area contributed by atoms with E-state index in [1.54, 1.807) is 18.2 Å². The van der Waals surface area contributed by atoms with Crippen LogP contribution in [0.3, 0.4) is 0 Å². The van der Waals surface area contributed by atoms with Gasteiger partial charge in [0.2, 0.25) is 12.2 Å². The van der Waals surface area contributed by atoms with Crippen LogP contribution in [0.5, 0.6) is 0 Å². The Bertz CT molecular complexity index is 182. The monoisotopic (exact) mass is 170 g/mol. The molecule has 0 rings (SSSR count). The quantitative estimate of drug-likeness (QED) is 0.271. The van der Waals surface area contributed by atoms with Gasteiger partial charge in [0.25, 0.3) is 0 Å². The molecular formula is C7H14N4O. The smallest absolute Gasteiger partial charge is 0.209 e. The van der Waals surface area contributed by atoms with Crippen molar-refractivity contribution in [3.8, 4) is 6.19 Å². The first-order chi connectivity index (χ1) is 5.72. The zero-order valence-electron chi connectivity index (χ0n) is 7.66. The predicted molar refractivity (Wildman–Crippen MR) is 46.6 cm³/mol. The van der Waals surface area contributed by atoms with E-state index < -0.39 is 0 Å². The lowest BCUT2D eigenvalue weighted by atomic mass is 10.6. The lowest BCUT2D eigenvalue weighted by molar-refractivity contribution is 0.203. The first-order valence-corrected chi connectivity index (χ1v) is 3.59. The highest BCUT2D eigenvalue weighted by Gasteiger charge is 1.98. The summed E-state index contributed by atoms with van der Waals surface area (Å²) in [4.78, 5) is 5.31. The molecule has 0 aliphatic heterocycles. The molecule has 68 valence electrons. The van der Waals surface area contributed by atoms with Gasteiger partial charge in [0.15, 0.2) is 0 Å². The zero-order chi connectivity index (χ0) is 9.40. The molecule has 12 heavy (non-hydrogen) atoms. The van der Waals surface area contributed by atoms with Crippen molar-refractivity contribution in [2.24, 2.45) is 4.99 Å². The minimum Gasteiger partial charge on any atom is -0.383 e. The van der Waals surface area contributed by atoms with Gasteiger partial charge in [0, 0.05) is 27.7 Å². The molecule has 1 N–H and O–H groups in total. The largest absolute Gasteiger partial charge is 0.383 e. The van der Waals surface area contributed by atoms with Gasteiger partial charge in [-0.1, -0.05) is 0 Å². The molecule has 0 aliphatic carbocycles. The van der Waals surface area contributed by atoms with Crippen LogP contribution in [0.1, 0.15) is 0 Å². The lowest BCUT2D eigenvalue weighted by Gasteiger charge is -2.15. The maximum Gasteiger partial charge on any atom is 0.209 e. The van der Waals surface area contributed by atoms with Crippen molar-refractivity contribution in [3.63, 3.8) is 0 Å². The van der Waals surface area contributed by atoms with E-state index in [1.165, 1.54) is 0 Å². The third-order valence-corrected chi connectivity index (χ3v) is 1.17. The fourth-order valence-corrected chi connectivity index (χ4v) is 0.610. The molecule has 5 heteroatoms. The third kappa shape index (κ3) is 4.52. The number of methoxy groups -OCH3 is 1. The molecule has 0 aromatic heterocycles. The van der Waals surface area contributed by atoms with E-state index >= 15 is 0 Å². The standard InChI is InChI=1S/C7H14N4O/c1-11(2)7(10-6-8)9-4-5-12-3/h4-5H2,1-3H3,(H,9,10). The van der Waals surface area contributed by atoms with Crippen LogP contribution in [0.2, 0.25) is 0 Å². The number of ether oxygens (including phenoxy) is 1. The number of guanidine groups is 1. The summed E-state index contributed by atoms with van der Waals surface area (Å²) in [5, 5.41) is 11.3. The van der Waals surface area contributed by atoms with Crippen molar-refractivity contribution >= 4 is 5.96 Å². The molecule has 0 saturated heterocycles. The van der Waals surface area contributed by atoms with Crippen molar-refractivity contribution in [1.82, 2.24) is 10.2 Å². The lowest BCUT2D eigenvalue weighted by Crippen LogP contribution is -2.37. The minimum atomic E-state index is 0.551. The highest BCUT2D eigenvalue weighted by molar-refractivity contribution is 5.80. The van der Waals surface area contributed by atoms with Crippen LogP contribution in [0.4, 0.5) is 0 Å². The first-order valence-electron chi connectivity index (χ1n) is 3.59. The van der Waals surface area contributed by atoms with Crippen LogP contribution >= 0.6 is 0 Å². The Morgan fingerprint density at radius 3 is 2.75 bits per heavy atom. The van der Waals surface area contributed by atoms with Gasteiger partial charge in [0.1, 0.15) is 0 Å². The van der Waals surface area contributed by atoms with Crippen molar-refractivity contribution in [2.45, 2.75) is 0 Å². The van der Waals surface area contributed by atoms with Gasteiger partial charge in [-0.2, -0.15) is 5.26 Å². The molecule has 0 heterocycles. The topological polar surface area (TPSA) is 60.6 Å². The van der Waals surface area contributed by atoms with Gasteiger partial charge >= 0.3 is 0 Å². The van der Waals surface area contributed by atoms with E-state index in [0.29, 0.717) is 19.1 Å². The van der Waals surface area contributed by atoms with Crippen LogP contribution in [-0.2, 0) is 4.74 Å². The number of nitrogens with one attached hydrogen (secondary N) is 1. The van der Waals surface area contributed by atoms with Crippen LogP contribution in [0.15, 0.2) is 4.99 Å². The first kappa shape index (κ1) is 10.7. The Morgan fingerprint density at radius 1 is 1.67 bits per heavy atom. The number of hydrogen-bond donors (Lipinski definition) is 1. The van der Waals surface area contributed by atoms with E-state index in [9.17, 15) is 0 Å². The van der Waals surface area contributed by atoms with Gasteiger partial charge in [-0.15, -0.1) is 4.99 Å². The molecule has 0 aromatic carbocycles. The number of hydrogen-bond acceptors (Lipinski definition) is 3. The highest BCUT2D eigenvalue weighted by Crippen LogP contribution is 1.78. The zero-order valence-corrected chi connectivity index (χ0v) is 7.66. The second kappa shape index (κ2) is 6.43. The molecule has 0 fully saturated rings. The second-order valence-corrected chi connectivity index (χ2v) is 2.35. The minimum absolute atomic E-state index is 0.551. The number of aliphatic imine (C=N–C) groups is 1. The molecule has 0 spiro atoms. The number of nitrogens with zero attached hydrogens (tertiary/aromatic N) is 3. The summed E-state index contributed by atoms with van der Waals surface area (Å²) in [6, 6.07) is 0. The Kier molecular flexibility index (Phi) is 5.75. The molecule has 0 aromatic rings. The Hall–Kier alpha value is -1.28. The molecule has 0 atom stereocenters. The van der Waals surface area contributed by atoms with Crippen LogP contribution < -0.4 is 5.32 Å². The fourth-order valence-electron chi connectivity index (χ4n) is 0.610. The molecule has 0 bridgehead atoms. The summed E-state index contributed by atoms with van der Waals surface area (Å²) in [6.07, 6.45) is 1.72. The van der Waals surface area contributed by atoms with Crippen molar-refractivity contribution in [2.75, 3.05) is 34.4 Å². The highest BCUT2D eigenvalue weighted by atomic mass is 16.5. The Morgan fingerprint density at radius 2 is 2.33 bits per heavy atom. The van der Waals surface area contributed by atoms with Crippen molar-refractivity contribution in [1.29, 1.82) is 5.26 Å². The Labute approximate surface area is 72.6 Å². The summed E-state index contributed by atoms with van der Waals surface area (Å²) in [5.74, 6) is 0.551. The predicted octanol–water partition coefficient (Wildman–Crippen LogP) is -0.379. The molecular weight excluding hydrogens is 156 g/mol. The molecule has 0 aliphatic rings. The van der Waals surface area contributed by atoms with Crippen LogP contribution in [0, 0.1) is 11.5 Å². The average Bonchev–Trinajstić information content (AvgIpc) is 2.03. The van der Waals surface area contributed by atoms with Gasteiger partial charge in [-0.3, -0.25) is 0 Å². The van der Waals surface area contributed by atoms with Crippen molar-refractivity contribution < 1.29 is 4.74 Å². The summed E-state index contributed by atoms with van der Waals surface area (Å²) in [6.45, 7) is 1.24. The summed E-state index contributed by atoms with van der Waals surface area (Å²) in [7, 11) is 5.25. The SMILES string of the molecule is COCCN/C(=N/C#N)N(C)C. The number of rotatable bonds is 3. The van der Waals surface area contributed by atoms with Gasteiger partial charge in [0.05, 0.1) is 6.61 Å². The van der Waals surface area contributed by atoms with Gasteiger partial charge in [-0.25, -0.2) is 0 Å². The molecule has 0 amide bonds. The number of nitriles is 1. The van der Waals surface area contributed by atoms with Crippen LogP contribution in [-0.4, -0.2) is 45.2 Å². The van der Waals surface area contributed by atoms with E-state index in [2.05, 4.69) is 10.3 Å². The maximum atomic E-state index is 8.31. The van der Waals surface area contributed by atoms with E-state index in [1.807, 2.05) is 14.1 Å². The molecule has 0 radical (unpaired) electrons. The van der Waals surface area contributed by atoms with E-state index in [4.69, 9.17) is 10.00 Å². The fraction of sp³-hybridized carbons (Fsp3) is 0.714.